The van der Waals surface area contributed by atoms with Crippen LogP contribution in [0.4, 0.5) is 0 Å². The largest absolute Gasteiger partial charge is 0.479 e. The van der Waals surface area contributed by atoms with Gasteiger partial charge in [-0.05, 0) is 25.2 Å². The van der Waals surface area contributed by atoms with Crippen LogP contribution in [0.25, 0.3) is 0 Å². The van der Waals surface area contributed by atoms with Gasteiger partial charge in [0.2, 0.25) is 0 Å². The highest BCUT2D eigenvalue weighted by Crippen LogP contribution is 2.39. The van der Waals surface area contributed by atoms with Gasteiger partial charge in [-0.2, -0.15) is 11.8 Å². The SMILES string of the molecule is CCCCCCC=C[C@H]1[C@@H](SCCO)CC(=O)[C@@H]1CC#CCCC(O)C(=O)O. The number of aliphatic hydroxyl groups excluding tert-OH is 2. The molecule has 0 radical (unpaired) electrons. The zero-order chi connectivity index (χ0) is 20.8. The Hall–Kier alpha value is -1.29. The third kappa shape index (κ3) is 9.27. The molecule has 0 heterocycles. The van der Waals surface area contributed by atoms with Crippen LogP contribution >= 0.6 is 11.8 Å². The first-order valence-electron chi connectivity index (χ1n) is 10.3. The molecular formula is C22H34O5S. The molecule has 5 nitrogen and oxygen atoms in total. The Morgan fingerprint density at radius 2 is 2.11 bits per heavy atom. The van der Waals surface area contributed by atoms with Crippen LogP contribution in [0.1, 0.15) is 64.7 Å². The van der Waals surface area contributed by atoms with Crippen LogP contribution in [0.15, 0.2) is 12.2 Å². The van der Waals surface area contributed by atoms with Gasteiger partial charge in [0.15, 0.2) is 6.10 Å². The van der Waals surface area contributed by atoms with E-state index in [1.54, 1.807) is 11.8 Å². The van der Waals surface area contributed by atoms with E-state index >= 15 is 0 Å². The summed E-state index contributed by atoms with van der Waals surface area (Å²) in [4.78, 5) is 23.1. The van der Waals surface area contributed by atoms with Crippen molar-refractivity contribution in [3.8, 4) is 11.8 Å². The third-order valence-corrected chi connectivity index (χ3v) is 6.32. The maximum Gasteiger partial charge on any atom is 0.332 e. The van der Waals surface area contributed by atoms with Gasteiger partial charge in [0.25, 0.3) is 0 Å². The van der Waals surface area contributed by atoms with E-state index in [9.17, 15) is 14.7 Å². The van der Waals surface area contributed by atoms with Crippen molar-refractivity contribution >= 4 is 23.5 Å². The van der Waals surface area contributed by atoms with Gasteiger partial charge < -0.3 is 15.3 Å². The number of hydrogen-bond donors (Lipinski definition) is 3. The van der Waals surface area contributed by atoms with Gasteiger partial charge in [-0.15, -0.1) is 11.8 Å². The standard InChI is InChI=1S/C22H34O5S/c1-2-3-4-5-6-8-12-18-17(20(25)16-21(18)28-15-14-23)11-9-7-10-13-19(24)22(26)27/h8,12,17-19,21,23-24H,2-6,10-11,13-16H2,1H3,(H,26,27)/t17-,18-,19?,21+/m1/s1. The second kappa shape index (κ2) is 14.7. The van der Waals surface area contributed by atoms with E-state index in [1.165, 1.54) is 19.3 Å². The second-order valence-electron chi connectivity index (χ2n) is 7.22. The van der Waals surface area contributed by atoms with Gasteiger partial charge in [0.1, 0.15) is 5.78 Å². The van der Waals surface area contributed by atoms with Gasteiger partial charge in [0, 0.05) is 36.2 Å². The molecule has 1 aliphatic rings. The first kappa shape index (κ1) is 24.7. The number of carbonyl (C=O) groups excluding carboxylic acids is 1. The molecule has 4 atom stereocenters. The molecule has 0 aromatic heterocycles. The molecule has 0 aliphatic heterocycles. The van der Waals surface area contributed by atoms with Gasteiger partial charge in [-0.1, -0.05) is 38.3 Å². The number of carbonyl (C=O) groups is 2. The van der Waals surface area contributed by atoms with Crippen molar-refractivity contribution in [3.63, 3.8) is 0 Å². The number of thioether (sulfide) groups is 1. The fourth-order valence-corrected chi connectivity index (χ4v) is 4.58. The number of hydrogen-bond acceptors (Lipinski definition) is 5. The number of unbranched alkanes of at least 4 members (excludes halogenated alkanes) is 4. The van der Waals surface area contributed by atoms with Crippen molar-refractivity contribution in [1.82, 2.24) is 0 Å². The predicted molar refractivity (Wildman–Crippen MR) is 113 cm³/mol. The number of Topliss-reactive ketones (excluding diaryl/α,β-unsaturated/α-hetero) is 1. The third-order valence-electron chi connectivity index (χ3n) is 4.99. The monoisotopic (exact) mass is 410 g/mol. The summed E-state index contributed by atoms with van der Waals surface area (Å²) in [7, 11) is 0. The first-order chi connectivity index (χ1) is 13.5. The molecule has 0 spiro atoms. The van der Waals surface area contributed by atoms with E-state index in [0.29, 0.717) is 25.0 Å². The predicted octanol–water partition coefficient (Wildman–Crippen LogP) is 3.43. The molecular weight excluding hydrogens is 376 g/mol. The molecule has 0 bridgehead atoms. The van der Waals surface area contributed by atoms with Crippen LogP contribution < -0.4 is 0 Å². The van der Waals surface area contributed by atoms with Gasteiger partial charge >= 0.3 is 5.97 Å². The molecule has 1 rings (SSSR count). The first-order valence-corrected chi connectivity index (χ1v) is 11.3. The summed E-state index contributed by atoms with van der Waals surface area (Å²) in [6.07, 6.45) is 10.2. The Morgan fingerprint density at radius 1 is 1.32 bits per heavy atom. The Labute approximate surface area is 173 Å². The Kier molecular flexibility index (Phi) is 13.0. The number of aliphatic carboxylic acids is 1. The van der Waals surface area contributed by atoms with E-state index in [0.717, 1.165) is 12.8 Å². The summed E-state index contributed by atoms with van der Waals surface area (Å²) in [5, 5.41) is 27.2. The number of rotatable bonds is 13. The molecule has 158 valence electrons. The number of allylic oxidation sites excluding steroid dienone is 2. The molecule has 3 N–H and O–H groups in total. The highest BCUT2D eigenvalue weighted by molar-refractivity contribution is 8.00. The fraction of sp³-hybridized carbons (Fsp3) is 0.727. The highest BCUT2D eigenvalue weighted by Gasteiger charge is 2.40. The lowest BCUT2D eigenvalue weighted by Gasteiger charge is -2.19. The lowest BCUT2D eigenvalue weighted by molar-refractivity contribution is -0.146. The normalized spacial score (nSPS) is 23.0. The highest BCUT2D eigenvalue weighted by atomic mass is 32.2. The molecule has 28 heavy (non-hydrogen) atoms. The number of aliphatic hydroxyl groups is 2. The molecule has 1 saturated carbocycles. The van der Waals surface area contributed by atoms with Gasteiger partial charge in [-0.25, -0.2) is 4.79 Å². The molecule has 1 fully saturated rings. The molecule has 0 aromatic rings. The van der Waals surface area contributed by atoms with E-state index in [1.807, 2.05) is 0 Å². The molecule has 1 aliphatic carbocycles. The zero-order valence-electron chi connectivity index (χ0n) is 16.8. The van der Waals surface area contributed by atoms with Gasteiger partial charge in [0.05, 0.1) is 6.61 Å². The topological polar surface area (TPSA) is 94.8 Å². The molecule has 0 aromatic carbocycles. The number of ketones is 1. The van der Waals surface area contributed by atoms with Crippen molar-refractivity contribution < 1.29 is 24.9 Å². The van der Waals surface area contributed by atoms with Crippen molar-refractivity contribution in [3.05, 3.63) is 12.2 Å². The van der Waals surface area contributed by atoms with E-state index < -0.39 is 12.1 Å². The van der Waals surface area contributed by atoms with Crippen LogP contribution in [0.5, 0.6) is 0 Å². The Balaban J connectivity index is 2.62. The van der Waals surface area contributed by atoms with Crippen molar-refractivity contribution in [2.45, 2.75) is 76.1 Å². The van der Waals surface area contributed by atoms with Gasteiger partial charge in [-0.3, -0.25) is 4.79 Å². The van der Waals surface area contributed by atoms with Crippen LogP contribution in [0.2, 0.25) is 0 Å². The van der Waals surface area contributed by atoms with E-state index in [4.69, 9.17) is 10.2 Å². The Morgan fingerprint density at radius 3 is 2.79 bits per heavy atom. The average molecular weight is 411 g/mol. The smallest absolute Gasteiger partial charge is 0.332 e. The number of carboxylic acids is 1. The minimum atomic E-state index is -1.38. The minimum absolute atomic E-state index is 0.0943. The number of carboxylic acid groups (broad SMARTS) is 1. The fourth-order valence-electron chi connectivity index (χ4n) is 3.39. The molecule has 1 unspecified atom stereocenters. The van der Waals surface area contributed by atoms with E-state index in [2.05, 4.69) is 30.9 Å². The second-order valence-corrected chi connectivity index (χ2v) is 8.56. The molecule has 0 saturated heterocycles. The summed E-state index contributed by atoms with van der Waals surface area (Å²) >= 11 is 1.65. The lowest BCUT2D eigenvalue weighted by Crippen LogP contribution is -2.18. The maximum absolute atomic E-state index is 12.5. The quantitative estimate of drug-likeness (QED) is 0.245. The van der Waals surface area contributed by atoms with E-state index in [-0.39, 0.29) is 35.9 Å². The molecule has 0 amide bonds. The van der Waals surface area contributed by atoms with Crippen LogP contribution in [-0.2, 0) is 9.59 Å². The average Bonchev–Trinajstić information content (AvgIpc) is 2.97. The maximum atomic E-state index is 12.5. The van der Waals surface area contributed by atoms with Crippen molar-refractivity contribution in [2.75, 3.05) is 12.4 Å². The van der Waals surface area contributed by atoms with Crippen molar-refractivity contribution in [1.29, 1.82) is 0 Å². The van der Waals surface area contributed by atoms with Crippen LogP contribution in [0.3, 0.4) is 0 Å². The molecule has 6 heteroatoms. The zero-order valence-corrected chi connectivity index (χ0v) is 17.6. The van der Waals surface area contributed by atoms with Crippen LogP contribution in [0, 0.1) is 23.7 Å². The summed E-state index contributed by atoms with van der Waals surface area (Å²) in [5.41, 5.74) is 0. The minimum Gasteiger partial charge on any atom is -0.479 e. The summed E-state index contributed by atoms with van der Waals surface area (Å²) < 4.78 is 0. The van der Waals surface area contributed by atoms with Crippen LogP contribution in [-0.4, -0.2) is 50.8 Å². The summed E-state index contributed by atoms with van der Waals surface area (Å²) in [6.45, 7) is 2.30. The lowest BCUT2D eigenvalue weighted by atomic mass is 9.91. The summed E-state index contributed by atoms with van der Waals surface area (Å²) in [6, 6.07) is 0. The Bertz CT molecular complexity index is 563. The van der Waals surface area contributed by atoms with Crippen molar-refractivity contribution in [2.24, 2.45) is 11.8 Å². The summed E-state index contributed by atoms with van der Waals surface area (Å²) in [5.74, 6) is 5.51.